The number of nitrogens with one attached hydrogen (secondary N) is 1. The molecule has 24 heavy (non-hydrogen) atoms. The summed E-state index contributed by atoms with van der Waals surface area (Å²) in [6.45, 7) is 10.0. The summed E-state index contributed by atoms with van der Waals surface area (Å²) < 4.78 is 24.5. The first-order valence-electron chi connectivity index (χ1n) is 8.23. The van der Waals surface area contributed by atoms with Gasteiger partial charge in [-0.3, -0.25) is 0 Å². The van der Waals surface area contributed by atoms with E-state index >= 15 is 0 Å². The van der Waals surface area contributed by atoms with Gasteiger partial charge in [0.1, 0.15) is 6.33 Å². The van der Waals surface area contributed by atoms with Crippen LogP contribution in [0.2, 0.25) is 0 Å². The van der Waals surface area contributed by atoms with Crippen LogP contribution in [0.5, 0.6) is 0 Å². The molecule has 1 atom stereocenters. The summed E-state index contributed by atoms with van der Waals surface area (Å²) in [5.41, 5.74) is 3.49. The maximum absolute atomic E-state index is 12.6. The molecule has 1 N–H and O–H groups in total. The first kappa shape index (κ1) is 20.3. The number of hydrogen-bond donors (Lipinski definition) is 1. The van der Waals surface area contributed by atoms with Gasteiger partial charge in [0.05, 0.1) is 0 Å². The monoisotopic (exact) mass is 337 g/mol. The summed E-state index contributed by atoms with van der Waals surface area (Å²) >= 11 is 0. The van der Waals surface area contributed by atoms with Gasteiger partial charge in [-0.25, -0.2) is 18.8 Å². The average Bonchev–Trinajstić information content (AvgIpc) is 3.08. The van der Waals surface area contributed by atoms with Gasteiger partial charge in [-0.05, 0) is 43.9 Å². The number of likely N-dealkylation sites (N-methyl/N-ethyl adjacent to an activating group) is 2. The van der Waals surface area contributed by atoms with E-state index in [1.54, 1.807) is 6.08 Å². The SMILES string of the molecule is C=C(NC)/C(C)=C(\C)C1CCCN1N(C)C/C=C/C=C\C(F)=C\F. The van der Waals surface area contributed by atoms with Gasteiger partial charge >= 0.3 is 0 Å². The van der Waals surface area contributed by atoms with E-state index in [2.05, 4.69) is 35.8 Å². The van der Waals surface area contributed by atoms with Gasteiger partial charge in [0.2, 0.25) is 0 Å². The van der Waals surface area contributed by atoms with Crippen LogP contribution in [0, 0.1) is 0 Å². The Morgan fingerprint density at radius 3 is 2.71 bits per heavy atom. The molecule has 134 valence electrons. The molecular formula is C19H29F2N3. The fraction of sp³-hybridized carbons (Fsp3) is 0.474. The van der Waals surface area contributed by atoms with Crippen molar-refractivity contribution in [3.8, 4) is 0 Å². The zero-order chi connectivity index (χ0) is 18.1. The molecule has 5 heteroatoms. The molecule has 1 heterocycles. The van der Waals surface area contributed by atoms with Crippen LogP contribution in [0.1, 0.15) is 26.7 Å². The van der Waals surface area contributed by atoms with E-state index in [-0.39, 0.29) is 6.33 Å². The van der Waals surface area contributed by atoms with Gasteiger partial charge in [0.25, 0.3) is 0 Å². The van der Waals surface area contributed by atoms with Crippen LogP contribution in [0.25, 0.3) is 0 Å². The molecule has 0 saturated carbocycles. The number of rotatable bonds is 8. The zero-order valence-corrected chi connectivity index (χ0v) is 15.1. The lowest BCUT2D eigenvalue weighted by atomic mass is 10.00. The Kier molecular flexibility index (Phi) is 8.65. The van der Waals surface area contributed by atoms with Crippen LogP contribution >= 0.6 is 0 Å². The standard InChI is InChI=1S/C19H29F2N3/c1-15(17(3)22-4)16(2)19-11-9-13-24(19)23(5)12-8-6-7-10-18(21)14-20/h6-8,10,14,19,22H,3,9,11-13H2,1-2,4-5H3/b8-6+,10-7-,16-15+,18-14-. The minimum absolute atomic E-state index is 0.0538. The Morgan fingerprint density at radius 2 is 2.08 bits per heavy atom. The highest BCUT2D eigenvalue weighted by molar-refractivity contribution is 5.32. The summed E-state index contributed by atoms with van der Waals surface area (Å²) in [5.74, 6) is -0.881. The summed E-state index contributed by atoms with van der Waals surface area (Å²) in [6.07, 6.45) is 8.46. The molecule has 0 bridgehead atoms. The molecule has 1 aliphatic heterocycles. The second kappa shape index (κ2) is 10.2. The van der Waals surface area contributed by atoms with Crippen LogP contribution < -0.4 is 5.32 Å². The first-order chi connectivity index (χ1) is 11.4. The number of halogens is 2. The molecule has 1 rings (SSSR count). The third kappa shape index (κ3) is 5.73. The highest BCUT2D eigenvalue weighted by Crippen LogP contribution is 2.27. The maximum atomic E-state index is 12.6. The predicted molar refractivity (Wildman–Crippen MR) is 97.5 cm³/mol. The van der Waals surface area contributed by atoms with E-state index in [0.29, 0.717) is 12.6 Å². The maximum Gasteiger partial charge on any atom is 0.151 e. The molecule has 0 aliphatic carbocycles. The largest absolute Gasteiger partial charge is 0.388 e. The second-order valence-corrected chi connectivity index (χ2v) is 5.98. The van der Waals surface area contributed by atoms with Crippen molar-refractivity contribution in [1.29, 1.82) is 0 Å². The summed E-state index contributed by atoms with van der Waals surface area (Å²) in [6, 6.07) is 0.371. The highest BCUT2D eigenvalue weighted by Gasteiger charge is 2.29. The lowest BCUT2D eigenvalue weighted by Gasteiger charge is -2.34. The van der Waals surface area contributed by atoms with Gasteiger partial charge < -0.3 is 5.32 Å². The van der Waals surface area contributed by atoms with E-state index in [4.69, 9.17) is 0 Å². The van der Waals surface area contributed by atoms with Crippen molar-refractivity contribution in [2.24, 2.45) is 0 Å². The molecule has 0 radical (unpaired) electrons. The quantitative estimate of drug-likeness (QED) is 0.668. The normalized spacial score (nSPS) is 21.1. The van der Waals surface area contributed by atoms with Gasteiger partial charge in [-0.1, -0.05) is 24.8 Å². The minimum atomic E-state index is -0.881. The van der Waals surface area contributed by atoms with Crippen LogP contribution in [0.4, 0.5) is 8.78 Å². The number of hydrogen-bond acceptors (Lipinski definition) is 3. The fourth-order valence-corrected chi connectivity index (χ4v) is 2.86. The Hall–Kier alpha value is -1.72. The minimum Gasteiger partial charge on any atom is -0.388 e. The molecule has 1 fully saturated rings. The molecule has 0 aromatic carbocycles. The highest BCUT2D eigenvalue weighted by atomic mass is 19.2. The van der Waals surface area contributed by atoms with E-state index in [9.17, 15) is 8.78 Å². The zero-order valence-electron chi connectivity index (χ0n) is 15.1. The van der Waals surface area contributed by atoms with Gasteiger partial charge in [-0.2, -0.15) is 0 Å². The third-order valence-electron chi connectivity index (χ3n) is 4.49. The van der Waals surface area contributed by atoms with E-state index in [1.807, 2.05) is 20.2 Å². The predicted octanol–water partition coefficient (Wildman–Crippen LogP) is 4.26. The first-order valence-corrected chi connectivity index (χ1v) is 8.23. The molecular weight excluding hydrogens is 308 g/mol. The van der Waals surface area contributed by atoms with Gasteiger partial charge in [0, 0.05) is 38.9 Å². The molecule has 0 amide bonds. The van der Waals surface area contributed by atoms with Crippen molar-refractivity contribution in [2.75, 3.05) is 27.2 Å². The topological polar surface area (TPSA) is 18.5 Å². The molecule has 1 unspecified atom stereocenters. The fourth-order valence-electron chi connectivity index (χ4n) is 2.86. The molecule has 0 spiro atoms. The van der Waals surface area contributed by atoms with Crippen molar-refractivity contribution >= 4 is 0 Å². The van der Waals surface area contributed by atoms with Crippen LogP contribution in [0.3, 0.4) is 0 Å². The molecule has 0 aromatic heterocycles. The van der Waals surface area contributed by atoms with E-state index in [0.717, 1.165) is 31.2 Å². The lowest BCUT2D eigenvalue weighted by molar-refractivity contribution is 0.00930. The van der Waals surface area contributed by atoms with Crippen LogP contribution in [-0.4, -0.2) is 43.2 Å². The van der Waals surface area contributed by atoms with Crippen LogP contribution in [-0.2, 0) is 0 Å². The summed E-state index contributed by atoms with van der Waals surface area (Å²) in [4.78, 5) is 0. The molecule has 1 saturated heterocycles. The van der Waals surface area contributed by atoms with Crippen molar-refractivity contribution in [2.45, 2.75) is 32.7 Å². The van der Waals surface area contributed by atoms with E-state index in [1.165, 1.54) is 17.2 Å². The smallest absolute Gasteiger partial charge is 0.151 e. The number of allylic oxidation sites excluding steroid dienone is 5. The van der Waals surface area contributed by atoms with Crippen molar-refractivity contribution in [3.05, 3.63) is 59.9 Å². The average molecular weight is 337 g/mol. The Balaban J connectivity index is 2.69. The van der Waals surface area contributed by atoms with E-state index < -0.39 is 5.83 Å². The molecule has 1 aliphatic rings. The lowest BCUT2D eigenvalue weighted by Crippen LogP contribution is -2.44. The summed E-state index contributed by atoms with van der Waals surface area (Å²) in [7, 11) is 3.93. The van der Waals surface area contributed by atoms with Crippen molar-refractivity contribution in [3.63, 3.8) is 0 Å². The number of hydrazine groups is 1. The number of nitrogens with zero attached hydrogens (tertiary/aromatic N) is 2. The van der Waals surface area contributed by atoms with Crippen LogP contribution in [0.15, 0.2) is 59.9 Å². The molecule has 3 nitrogen and oxygen atoms in total. The van der Waals surface area contributed by atoms with Gasteiger partial charge in [-0.15, -0.1) is 0 Å². The van der Waals surface area contributed by atoms with Crippen molar-refractivity contribution < 1.29 is 8.78 Å². The summed E-state index contributed by atoms with van der Waals surface area (Å²) in [5, 5.41) is 7.64. The Labute approximate surface area is 144 Å². The van der Waals surface area contributed by atoms with Crippen molar-refractivity contribution in [1.82, 2.24) is 15.3 Å². The Morgan fingerprint density at radius 1 is 1.38 bits per heavy atom. The van der Waals surface area contributed by atoms with Gasteiger partial charge in [0.15, 0.2) is 5.83 Å². The third-order valence-corrected chi connectivity index (χ3v) is 4.49. The molecule has 0 aromatic rings. The second-order valence-electron chi connectivity index (χ2n) is 5.98. The Bertz CT molecular complexity index is 547.